The number of aliphatic hydroxyl groups is 2. The van der Waals surface area contributed by atoms with E-state index in [1.807, 2.05) is 0 Å². The average molecular weight is 840 g/mol. The fraction of sp³-hybridized carbons (Fsp3) is 0.583. The minimum atomic E-state index is -5.56. The second-order valence-corrected chi connectivity index (χ2v) is 16.8. The molecule has 0 spiro atoms. The summed E-state index contributed by atoms with van der Waals surface area (Å²) in [6.07, 6.45) is -5.79. The van der Waals surface area contributed by atoms with Crippen molar-refractivity contribution in [3.05, 3.63) is 25.3 Å². The molecule has 0 radical (unpaired) electrons. The van der Waals surface area contributed by atoms with Gasteiger partial charge in [-0.2, -0.15) is 4.31 Å². The second kappa shape index (κ2) is 19.2. The minimum absolute atomic E-state index is 0. The molecule has 1 fully saturated rings. The van der Waals surface area contributed by atoms with E-state index in [9.17, 15) is 57.9 Å². The third-order valence-electron chi connectivity index (χ3n) is 6.91. The molecule has 2 unspecified atom stereocenters. The van der Waals surface area contributed by atoms with Gasteiger partial charge in [0.15, 0.2) is 17.7 Å². The Kier molecular flexibility index (Phi) is 16.8. The maximum absolute atomic E-state index is 12.6. The quantitative estimate of drug-likeness (QED) is 0.0396. The number of phosphoric ester groups is 3. The molecule has 29 heteroatoms. The monoisotopic (exact) mass is 839 g/mol. The first-order valence-corrected chi connectivity index (χ1v) is 20.2. The molecule has 0 bridgehead atoms. The number of nitrogens with two attached hydrogens (primary N) is 1. The Balaban J connectivity index is 0.00000972. The Morgan fingerprint density at radius 1 is 1.11 bits per heavy atom. The number of carbonyl (C=O) groups is 3. The van der Waals surface area contributed by atoms with E-state index in [0.717, 1.165) is 35.1 Å². The summed E-state index contributed by atoms with van der Waals surface area (Å²) in [6, 6.07) is 0. The van der Waals surface area contributed by atoms with E-state index in [1.165, 1.54) is 13.8 Å². The summed E-state index contributed by atoms with van der Waals surface area (Å²) in [6.45, 7) is 3.77. The van der Waals surface area contributed by atoms with Crippen molar-refractivity contribution in [3.8, 4) is 0 Å². The van der Waals surface area contributed by atoms with E-state index in [4.69, 9.17) is 19.5 Å². The molecule has 1 aliphatic rings. The number of thioether (sulfide) groups is 1. The van der Waals surface area contributed by atoms with Gasteiger partial charge in [-0.25, -0.2) is 28.6 Å². The molecule has 3 rings (SSSR count). The zero-order chi connectivity index (χ0) is 39.1. The SMILES string of the molecule is C=CC(=O)SCCNC(=O)CCNC(=O)[C@H](O)C(C)(C)COP(=O)(O)OP(=O)(O)OC[C@H]1O[C@@H](n2cnc3c(N)ncnc32)[C@H](O)[C@@H]1OP(=O)(O)O.O. The van der Waals surface area contributed by atoms with E-state index < -0.39 is 84.6 Å². The number of ether oxygens (including phenoxy) is 1. The number of fused-ring (bicyclic) bond motifs is 1. The predicted octanol–water partition coefficient (Wildman–Crippen LogP) is -1.97. The van der Waals surface area contributed by atoms with Crippen molar-refractivity contribution in [2.45, 2.75) is 50.9 Å². The number of nitrogen functional groups attached to an aromatic ring is 1. The highest BCUT2D eigenvalue weighted by atomic mass is 32.2. The number of imidazole rings is 1. The first kappa shape index (κ1) is 46.4. The molecule has 300 valence electrons. The summed E-state index contributed by atoms with van der Waals surface area (Å²) in [5, 5.41) is 25.9. The summed E-state index contributed by atoms with van der Waals surface area (Å²) in [7, 11) is -16.4. The summed E-state index contributed by atoms with van der Waals surface area (Å²) in [5.74, 6) is -1.18. The van der Waals surface area contributed by atoms with Crippen LogP contribution in [0.2, 0.25) is 0 Å². The van der Waals surface area contributed by atoms with Crippen molar-refractivity contribution >= 4 is 69.1 Å². The first-order valence-electron chi connectivity index (χ1n) is 14.7. The molecule has 1 aliphatic heterocycles. The minimum Gasteiger partial charge on any atom is -0.412 e. The van der Waals surface area contributed by atoms with Crippen LogP contribution >= 0.6 is 35.2 Å². The number of phosphoric acid groups is 3. The number of rotatable bonds is 20. The maximum Gasteiger partial charge on any atom is 0.481 e. The summed E-state index contributed by atoms with van der Waals surface area (Å²) < 4.78 is 61.9. The Hall–Kier alpha value is -2.74. The number of nitrogens with one attached hydrogen (secondary N) is 2. The van der Waals surface area contributed by atoms with E-state index in [1.54, 1.807) is 0 Å². The van der Waals surface area contributed by atoms with Crippen LogP contribution in [0.1, 0.15) is 26.5 Å². The van der Waals surface area contributed by atoms with Gasteiger partial charge in [-0.3, -0.25) is 32.5 Å². The lowest BCUT2D eigenvalue weighted by Gasteiger charge is -2.30. The van der Waals surface area contributed by atoms with Gasteiger partial charge in [0, 0.05) is 30.7 Å². The lowest BCUT2D eigenvalue weighted by atomic mass is 9.87. The van der Waals surface area contributed by atoms with Crippen LogP contribution in [0.5, 0.6) is 0 Å². The lowest BCUT2D eigenvalue weighted by Crippen LogP contribution is -2.46. The fourth-order valence-corrected chi connectivity index (χ4v) is 7.69. The molecular formula is C24H40N7O18P3S. The standard InChI is InChI=1S/C24H38N7O17P3S.H2O/c1-4-15(33)52-8-7-26-14(32)5-6-27-22(36)19(35)24(2,3)10-45-51(42,43)48-50(40,41)44-9-13-18(47-49(37,38)39)17(34)23(46-13)31-12-30-16-20(25)28-11-29-21(16)31;/h4,11-13,17-19,23,34-35H,1,5-10H2,2-3H3,(H,26,32)(H,27,36)(H,40,41)(H,42,43)(H2,25,28,29)(H2,37,38,39);1H2/t13-,17-,18-,19+,23-;/m1./s1. The summed E-state index contributed by atoms with van der Waals surface area (Å²) in [4.78, 5) is 86.3. The Labute approximate surface area is 304 Å². The third-order valence-corrected chi connectivity index (χ3v) is 10.9. The molecule has 53 heavy (non-hydrogen) atoms. The van der Waals surface area contributed by atoms with Gasteiger partial charge in [0.2, 0.25) is 16.9 Å². The van der Waals surface area contributed by atoms with Crippen LogP contribution in [0.15, 0.2) is 25.3 Å². The number of hydrogen-bond acceptors (Lipinski definition) is 18. The van der Waals surface area contributed by atoms with E-state index in [-0.39, 0.29) is 47.1 Å². The molecule has 0 saturated carbocycles. The summed E-state index contributed by atoms with van der Waals surface area (Å²) >= 11 is 0.952. The Bertz CT molecular complexity index is 1760. The highest BCUT2D eigenvalue weighted by Crippen LogP contribution is 2.61. The lowest BCUT2D eigenvalue weighted by molar-refractivity contribution is -0.137. The van der Waals surface area contributed by atoms with E-state index in [2.05, 4.69) is 41.0 Å². The molecule has 2 amide bonds. The van der Waals surface area contributed by atoms with Crippen molar-refractivity contribution < 1.29 is 86.0 Å². The molecule has 25 nitrogen and oxygen atoms in total. The highest BCUT2D eigenvalue weighted by molar-refractivity contribution is 8.14. The van der Waals surface area contributed by atoms with Gasteiger partial charge < -0.3 is 56.4 Å². The number of carbonyl (C=O) groups excluding carboxylic acids is 3. The van der Waals surface area contributed by atoms with Crippen LogP contribution < -0.4 is 16.4 Å². The van der Waals surface area contributed by atoms with Crippen LogP contribution in [-0.4, -0.2) is 128 Å². The molecule has 2 aromatic rings. The van der Waals surface area contributed by atoms with Crippen LogP contribution in [0.4, 0.5) is 5.82 Å². The molecule has 0 aliphatic carbocycles. The molecule has 3 heterocycles. The highest BCUT2D eigenvalue weighted by Gasteiger charge is 2.50. The molecule has 2 aromatic heterocycles. The average Bonchev–Trinajstić information content (AvgIpc) is 3.60. The molecule has 1 saturated heterocycles. The number of nitrogens with zero attached hydrogens (tertiary/aromatic N) is 4. The van der Waals surface area contributed by atoms with E-state index >= 15 is 0 Å². The van der Waals surface area contributed by atoms with Gasteiger partial charge >= 0.3 is 23.5 Å². The summed E-state index contributed by atoms with van der Waals surface area (Å²) in [5.41, 5.74) is 4.25. The van der Waals surface area contributed by atoms with Crippen molar-refractivity contribution in [3.63, 3.8) is 0 Å². The van der Waals surface area contributed by atoms with Crippen LogP contribution in [0.3, 0.4) is 0 Å². The van der Waals surface area contributed by atoms with Gasteiger partial charge in [-0.05, 0) is 6.08 Å². The van der Waals surface area contributed by atoms with Crippen LogP contribution in [0.25, 0.3) is 11.2 Å². The maximum atomic E-state index is 12.6. The predicted molar refractivity (Wildman–Crippen MR) is 181 cm³/mol. The van der Waals surface area contributed by atoms with Gasteiger partial charge in [-0.15, -0.1) is 0 Å². The van der Waals surface area contributed by atoms with Gasteiger partial charge in [0.05, 0.1) is 19.5 Å². The zero-order valence-corrected chi connectivity index (χ0v) is 31.4. The number of aromatic nitrogens is 4. The normalized spacial score (nSPS) is 21.9. The Morgan fingerprint density at radius 2 is 1.77 bits per heavy atom. The number of aliphatic hydroxyl groups excluding tert-OH is 2. The topological polar surface area (TPSA) is 395 Å². The third kappa shape index (κ3) is 13.8. The van der Waals surface area contributed by atoms with Gasteiger partial charge in [-0.1, -0.05) is 32.2 Å². The molecular weight excluding hydrogens is 799 g/mol. The first-order chi connectivity index (χ1) is 24.1. The Morgan fingerprint density at radius 3 is 2.42 bits per heavy atom. The van der Waals surface area contributed by atoms with Crippen molar-refractivity contribution in [1.82, 2.24) is 30.2 Å². The fourth-order valence-electron chi connectivity index (χ4n) is 4.34. The van der Waals surface area contributed by atoms with Crippen LogP contribution in [0, 0.1) is 5.41 Å². The molecule has 0 aromatic carbocycles. The van der Waals surface area contributed by atoms with Gasteiger partial charge in [0.25, 0.3) is 0 Å². The molecule has 7 atom stereocenters. The number of amides is 2. The van der Waals surface area contributed by atoms with E-state index in [0.29, 0.717) is 5.75 Å². The number of hydrogen-bond donors (Lipinski definition) is 9. The largest absolute Gasteiger partial charge is 0.481 e. The van der Waals surface area contributed by atoms with Gasteiger partial charge in [0.1, 0.15) is 36.3 Å². The zero-order valence-electron chi connectivity index (χ0n) is 27.9. The number of anilines is 1. The second-order valence-electron chi connectivity index (χ2n) is 11.4. The molecule has 12 N–H and O–H groups in total. The van der Waals surface area contributed by atoms with Crippen molar-refractivity contribution in [1.29, 1.82) is 0 Å². The van der Waals surface area contributed by atoms with Crippen LogP contribution in [-0.2, 0) is 50.7 Å². The smallest absolute Gasteiger partial charge is 0.412 e. The van der Waals surface area contributed by atoms with Crippen molar-refractivity contribution in [2.24, 2.45) is 5.41 Å². The van der Waals surface area contributed by atoms with Crippen molar-refractivity contribution in [2.75, 3.05) is 37.8 Å².